The summed E-state index contributed by atoms with van der Waals surface area (Å²) in [6.07, 6.45) is 1.37. The normalized spacial score (nSPS) is 18.2. The molecule has 0 radical (unpaired) electrons. The van der Waals surface area contributed by atoms with Crippen LogP contribution in [0.2, 0.25) is 0 Å². The highest BCUT2D eigenvalue weighted by atomic mass is 16.4. The van der Waals surface area contributed by atoms with E-state index in [2.05, 4.69) is 25.2 Å². The molecular weight excluding hydrogens is 418 g/mol. The highest BCUT2D eigenvalue weighted by Gasteiger charge is 2.46. The van der Waals surface area contributed by atoms with Crippen molar-refractivity contribution >= 4 is 17.7 Å². The molecule has 1 aromatic carbocycles. The number of aryl methyl sites for hydroxylation is 2. The van der Waals surface area contributed by atoms with Gasteiger partial charge in [0.25, 0.3) is 0 Å². The second kappa shape index (κ2) is 8.47. The Morgan fingerprint density at radius 3 is 2.58 bits per heavy atom. The minimum atomic E-state index is -0.574. The van der Waals surface area contributed by atoms with Gasteiger partial charge in [0, 0.05) is 50.4 Å². The average molecular weight is 448 g/mol. The first-order chi connectivity index (χ1) is 15.9. The zero-order chi connectivity index (χ0) is 23.0. The standard InChI is InChI=1S/C24H29N7O2/c1-16-14-20(25)29-23(27-16)30-11-8-24(9-12-30)22(32)31(13-10-26-24)15-19-21(33-17(2)28-19)18-6-4-3-5-7-18/h3-7,14,26H,8-13,15H2,1-2H3,(H2,25,27,29). The number of benzene rings is 1. The van der Waals surface area contributed by atoms with E-state index in [0.717, 1.165) is 29.3 Å². The summed E-state index contributed by atoms with van der Waals surface area (Å²) in [5.74, 6) is 2.56. The van der Waals surface area contributed by atoms with Crippen LogP contribution in [0.4, 0.5) is 11.8 Å². The summed E-state index contributed by atoms with van der Waals surface area (Å²) in [6, 6.07) is 11.7. The highest BCUT2D eigenvalue weighted by Crippen LogP contribution is 2.31. The number of carbonyl (C=O) groups is 1. The number of hydrogen-bond donors (Lipinski definition) is 2. The molecule has 5 rings (SSSR count). The molecule has 4 heterocycles. The van der Waals surface area contributed by atoms with E-state index in [1.165, 1.54) is 0 Å². The Balaban J connectivity index is 1.32. The van der Waals surface area contributed by atoms with E-state index < -0.39 is 5.54 Å². The summed E-state index contributed by atoms with van der Waals surface area (Å²) in [4.78, 5) is 31.2. The van der Waals surface area contributed by atoms with E-state index in [0.29, 0.717) is 56.7 Å². The summed E-state index contributed by atoms with van der Waals surface area (Å²) in [5, 5.41) is 3.52. The van der Waals surface area contributed by atoms with Crippen LogP contribution in [0.3, 0.4) is 0 Å². The number of nitrogens with zero attached hydrogens (tertiary/aromatic N) is 5. The van der Waals surface area contributed by atoms with Crippen molar-refractivity contribution in [2.75, 3.05) is 36.8 Å². The molecule has 2 aliphatic heterocycles. The summed E-state index contributed by atoms with van der Waals surface area (Å²) in [6.45, 7) is 6.95. The van der Waals surface area contributed by atoms with Crippen LogP contribution in [-0.4, -0.2) is 57.5 Å². The molecule has 1 spiro atoms. The number of nitrogens with one attached hydrogen (secondary N) is 1. The Kier molecular flexibility index (Phi) is 5.49. The number of oxazole rings is 1. The van der Waals surface area contributed by atoms with Crippen LogP contribution >= 0.6 is 0 Å². The maximum atomic E-state index is 13.6. The summed E-state index contributed by atoms with van der Waals surface area (Å²) >= 11 is 0. The summed E-state index contributed by atoms with van der Waals surface area (Å²) < 4.78 is 5.90. The molecule has 0 unspecified atom stereocenters. The van der Waals surface area contributed by atoms with Gasteiger partial charge in [-0.3, -0.25) is 4.79 Å². The van der Waals surface area contributed by atoms with Gasteiger partial charge in [-0.25, -0.2) is 9.97 Å². The van der Waals surface area contributed by atoms with Crippen molar-refractivity contribution in [2.24, 2.45) is 0 Å². The number of aromatic nitrogens is 3. The van der Waals surface area contributed by atoms with Gasteiger partial charge >= 0.3 is 0 Å². The van der Waals surface area contributed by atoms with Crippen molar-refractivity contribution in [3.63, 3.8) is 0 Å². The minimum absolute atomic E-state index is 0.123. The predicted octanol–water partition coefficient (Wildman–Crippen LogP) is 2.30. The van der Waals surface area contributed by atoms with Gasteiger partial charge in [0.1, 0.15) is 17.1 Å². The molecule has 1 amide bonds. The first kappa shape index (κ1) is 21.4. The SMILES string of the molecule is Cc1cc(N)nc(N2CCC3(CC2)NCCN(Cc2nc(C)oc2-c2ccccc2)C3=O)n1. The molecular formula is C24H29N7O2. The molecule has 3 aromatic rings. The Bertz CT molecular complexity index is 1130. The molecule has 2 aliphatic rings. The van der Waals surface area contributed by atoms with Crippen molar-refractivity contribution in [1.82, 2.24) is 25.2 Å². The molecule has 9 heteroatoms. The van der Waals surface area contributed by atoms with Gasteiger partial charge in [0.2, 0.25) is 11.9 Å². The van der Waals surface area contributed by atoms with Crippen LogP contribution in [0.15, 0.2) is 40.8 Å². The van der Waals surface area contributed by atoms with Crippen LogP contribution in [0.25, 0.3) is 11.3 Å². The molecule has 33 heavy (non-hydrogen) atoms. The third-order valence-corrected chi connectivity index (χ3v) is 6.48. The fourth-order valence-electron chi connectivity index (χ4n) is 4.83. The molecule has 0 bridgehead atoms. The van der Waals surface area contributed by atoms with Crippen molar-refractivity contribution in [3.05, 3.63) is 53.7 Å². The van der Waals surface area contributed by atoms with Crippen LogP contribution in [-0.2, 0) is 11.3 Å². The quantitative estimate of drug-likeness (QED) is 0.626. The number of piperazine rings is 1. The predicted molar refractivity (Wildman–Crippen MR) is 125 cm³/mol. The van der Waals surface area contributed by atoms with Crippen molar-refractivity contribution in [3.8, 4) is 11.3 Å². The second-order valence-electron chi connectivity index (χ2n) is 8.83. The van der Waals surface area contributed by atoms with E-state index >= 15 is 0 Å². The smallest absolute Gasteiger partial charge is 0.243 e. The maximum absolute atomic E-state index is 13.6. The van der Waals surface area contributed by atoms with Gasteiger partial charge in [-0.1, -0.05) is 30.3 Å². The molecule has 2 aromatic heterocycles. The first-order valence-corrected chi connectivity index (χ1v) is 11.4. The molecule has 9 nitrogen and oxygen atoms in total. The molecule has 0 saturated carbocycles. The number of nitrogens with two attached hydrogens (primary N) is 1. The third kappa shape index (κ3) is 4.16. The van der Waals surface area contributed by atoms with E-state index in [-0.39, 0.29) is 5.91 Å². The van der Waals surface area contributed by atoms with Crippen LogP contribution in [0, 0.1) is 13.8 Å². The van der Waals surface area contributed by atoms with Gasteiger partial charge in [-0.15, -0.1) is 0 Å². The first-order valence-electron chi connectivity index (χ1n) is 11.4. The Hall–Kier alpha value is -3.46. The lowest BCUT2D eigenvalue weighted by Crippen LogP contribution is -2.67. The lowest BCUT2D eigenvalue weighted by Gasteiger charge is -2.46. The molecule has 2 saturated heterocycles. The van der Waals surface area contributed by atoms with E-state index in [1.54, 1.807) is 6.07 Å². The lowest BCUT2D eigenvalue weighted by atomic mass is 9.84. The number of rotatable bonds is 4. The van der Waals surface area contributed by atoms with E-state index in [4.69, 9.17) is 10.2 Å². The Labute approximate surface area is 193 Å². The number of nitrogen functional groups attached to an aromatic ring is 1. The number of anilines is 2. The van der Waals surface area contributed by atoms with E-state index in [9.17, 15) is 4.79 Å². The van der Waals surface area contributed by atoms with Gasteiger partial charge in [0.15, 0.2) is 11.7 Å². The molecule has 172 valence electrons. The number of piperidine rings is 1. The van der Waals surface area contributed by atoms with Gasteiger partial charge in [0.05, 0.1) is 6.54 Å². The van der Waals surface area contributed by atoms with Crippen molar-refractivity contribution in [1.29, 1.82) is 0 Å². The zero-order valence-corrected chi connectivity index (χ0v) is 19.0. The molecule has 0 aliphatic carbocycles. The van der Waals surface area contributed by atoms with Crippen LogP contribution < -0.4 is 16.0 Å². The Morgan fingerprint density at radius 1 is 1.09 bits per heavy atom. The highest BCUT2D eigenvalue weighted by molar-refractivity contribution is 5.87. The summed E-state index contributed by atoms with van der Waals surface area (Å²) in [5.41, 5.74) is 7.94. The van der Waals surface area contributed by atoms with Crippen molar-refractivity contribution < 1.29 is 9.21 Å². The number of amides is 1. The third-order valence-electron chi connectivity index (χ3n) is 6.48. The van der Waals surface area contributed by atoms with Crippen molar-refractivity contribution in [2.45, 2.75) is 38.8 Å². The Morgan fingerprint density at radius 2 is 1.85 bits per heavy atom. The van der Waals surface area contributed by atoms with Gasteiger partial charge in [-0.05, 0) is 19.8 Å². The molecule has 0 atom stereocenters. The van der Waals surface area contributed by atoms with Gasteiger partial charge < -0.3 is 25.3 Å². The number of hydrogen-bond acceptors (Lipinski definition) is 8. The lowest BCUT2D eigenvalue weighted by molar-refractivity contribution is -0.143. The largest absolute Gasteiger partial charge is 0.441 e. The molecule has 3 N–H and O–H groups in total. The second-order valence-corrected chi connectivity index (χ2v) is 8.83. The number of carbonyl (C=O) groups excluding carboxylic acids is 1. The van der Waals surface area contributed by atoms with Gasteiger partial charge in [-0.2, -0.15) is 4.98 Å². The van der Waals surface area contributed by atoms with Crippen LogP contribution in [0.5, 0.6) is 0 Å². The van der Waals surface area contributed by atoms with E-state index in [1.807, 2.05) is 49.1 Å². The minimum Gasteiger partial charge on any atom is -0.441 e. The maximum Gasteiger partial charge on any atom is 0.243 e. The summed E-state index contributed by atoms with van der Waals surface area (Å²) in [7, 11) is 0. The zero-order valence-electron chi connectivity index (χ0n) is 19.0. The fourth-order valence-corrected chi connectivity index (χ4v) is 4.83. The fraction of sp³-hybridized carbons (Fsp3) is 0.417. The monoisotopic (exact) mass is 447 g/mol. The molecule has 2 fully saturated rings. The van der Waals surface area contributed by atoms with Crippen LogP contribution in [0.1, 0.15) is 30.1 Å². The topological polar surface area (TPSA) is 113 Å². The average Bonchev–Trinajstić information content (AvgIpc) is 3.17.